The van der Waals surface area contributed by atoms with Crippen molar-refractivity contribution in [1.82, 2.24) is 4.90 Å². The fourth-order valence-corrected chi connectivity index (χ4v) is 6.99. The molecule has 0 aromatic heterocycles. The molecule has 5 saturated heterocycles. The number of fused-ring (bicyclic) bond motifs is 2. The van der Waals surface area contributed by atoms with Crippen molar-refractivity contribution >= 4 is 17.8 Å². The van der Waals surface area contributed by atoms with E-state index in [0.29, 0.717) is 25.3 Å². The zero-order chi connectivity index (χ0) is 25.0. The summed E-state index contributed by atoms with van der Waals surface area (Å²) in [5, 5.41) is 0. The fraction of sp³-hybridized carbons (Fsp3) is 0.880. The van der Waals surface area contributed by atoms with Gasteiger partial charge in [-0.1, -0.05) is 13.8 Å². The number of nitrogens with zero attached hydrogens (tertiary/aromatic N) is 1. The SMILES string of the molecule is COC(=O)[C@H]1CCCN1C(=O)CCC(=O)O[C@@H]1O[C@@H]2O[C@@]3(C)CC[C@H]4[C@H](C)CC[C@@H]([C@H]1C)[C@]24OO3. The van der Waals surface area contributed by atoms with Crippen LogP contribution < -0.4 is 0 Å². The largest absolute Gasteiger partial charge is 0.467 e. The fourth-order valence-electron chi connectivity index (χ4n) is 6.99. The number of amides is 1. The van der Waals surface area contributed by atoms with Gasteiger partial charge in [-0.3, -0.25) is 9.59 Å². The van der Waals surface area contributed by atoms with Gasteiger partial charge < -0.3 is 23.8 Å². The number of methoxy groups -OCH3 is 1. The number of carbonyl (C=O) groups excluding carboxylic acids is 3. The summed E-state index contributed by atoms with van der Waals surface area (Å²) in [6, 6.07) is -0.575. The molecule has 2 bridgehead atoms. The van der Waals surface area contributed by atoms with E-state index in [1.807, 2.05) is 13.8 Å². The summed E-state index contributed by atoms with van der Waals surface area (Å²) in [6.07, 6.45) is 3.29. The van der Waals surface area contributed by atoms with Gasteiger partial charge in [-0.15, -0.1) is 0 Å². The van der Waals surface area contributed by atoms with Crippen LogP contribution in [0.5, 0.6) is 0 Å². The predicted octanol–water partition coefficient (Wildman–Crippen LogP) is 2.68. The molecule has 5 aliphatic heterocycles. The van der Waals surface area contributed by atoms with Crippen molar-refractivity contribution in [2.24, 2.45) is 23.7 Å². The van der Waals surface area contributed by atoms with Gasteiger partial charge in [0.2, 0.25) is 18.0 Å². The number of rotatable bonds is 5. The molecule has 1 spiro atoms. The smallest absolute Gasteiger partial charge is 0.328 e. The van der Waals surface area contributed by atoms with E-state index in [0.717, 1.165) is 25.7 Å². The van der Waals surface area contributed by atoms with Crippen LogP contribution in [-0.2, 0) is 43.1 Å². The second-order valence-electron chi connectivity index (χ2n) is 11.0. The molecule has 10 heteroatoms. The molecular weight excluding hydrogens is 458 g/mol. The summed E-state index contributed by atoms with van der Waals surface area (Å²) in [5.74, 6) is -1.48. The highest BCUT2D eigenvalue weighted by Crippen LogP contribution is 2.60. The van der Waals surface area contributed by atoms with Crippen LogP contribution in [0.25, 0.3) is 0 Å². The summed E-state index contributed by atoms with van der Waals surface area (Å²) in [4.78, 5) is 50.8. The number of ether oxygens (including phenoxy) is 4. The van der Waals surface area contributed by atoms with E-state index in [4.69, 9.17) is 28.7 Å². The highest BCUT2D eigenvalue weighted by molar-refractivity contribution is 5.87. The molecule has 0 radical (unpaired) electrons. The van der Waals surface area contributed by atoms with Gasteiger partial charge in [-0.05, 0) is 50.9 Å². The summed E-state index contributed by atoms with van der Waals surface area (Å²) >= 11 is 0. The molecule has 9 atom stereocenters. The maximum absolute atomic E-state index is 12.8. The van der Waals surface area contributed by atoms with Crippen LogP contribution in [0.3, 0.4) is 0 Å². The van der Waals surface area contributed by atoms with Gasteiger partial charge in [0.25, 0.3) is 0 Å². The molecule has 1 amide bonds. The highest BCUT2D eigenvalue weighted by Gasteiger charge is 2.69. The zero-order valence-electron chi connectivity index (χ0n) is 21.0. The standard InChI is InChI=1S/C25H37NO9/c1-14-7-8-17-15(2)22(32-23-25(17)16(14)11-12-24(3,33-23)34-35-25)31-20(28)10-9-19(27)26-13-5-6-18(26)21(29)30-4/h14-18,22-23H,5-13H2,1-4H3/t14-,15-,16+,17+,18-,22-,23-,24-,25+/m1/s1. The molecule has 0 aromatic carbocycles. The lowest BCUT2D eigenvalue weighted by Crippen LogP contribution is -2.70. The minimum atomic E-state index is -0.898. The number of carbonyl (C=O) groups is 3. The Kier molecular flexibility index (Phi) is 6.61. The van der Waals surface area contributed by atoms with Gasteiger partial charge >= 0.3 is 11.9 Å². The topological polar surface area (TPSA) is 110 Å². The zero-order valence-corrected chi connectivity index (χ0v) is 21.0. The first-order valence-corrected chi connectivity index (χ1v) is 13.0. The van der Waals surface area contributed by atoms with Gasteiger partial charge in [0.1, 0.15) is 6.04 Å². The van der Waals surface area contributed by atoms with Crippen LogP contribution in [-0.4, -0.2) is 66.4 Å². The average Bonchev–Trinajstić information content (AvgIpc) is 3.22. The van der Waals surface area contributed by atoms with Gasteiger partial charge in [-0.2, -0.15) is 0 Å². The molecule has 6 fully saturated rings. The van der Waals surface area contributed by atoms with Crippen LogP contribution >= 0.6 is 0 Å². The normalized spacial score (nSPS) is 44.3. The molecule has 0 aromatic rings. The van der Waals surface area contributed by atoms with E-state index in [-0.39, 0.29) is 36.5 Å². The summed E-state index contributed by atoms with van der Waals surface area (Å²) in [6.45, 7) is 6.60. The third-order valence-electron chi connectivity index (χ3n) is 8.93. The first kappa shape index (κ1) is 24.9. The Balaban J connectivity index is 1.24. The highest BCUT2D eigenvalue weighted by atomic mass is 17.3. The number of likely N-dealkylation sites (tertiary alicyclic amines) is 1. The third kappa shape index (κ3) is 4.16. The predicted molar refractivity (Wildman–Crippen MR) is 119 cm³/mol. The molecule has 35 heavy (non-hydrogen) atoms. The Morgan fingerprint density at radius 3 is 2.60 bits per heavy atom. The minimum Gasteiger partial charge on any atom is -0.467 e. The van der Waals surface area contributed by atoms with Crippen LogP contribution in [0.15, 0.2) is 0 Å². The number of hydrogen-bond acceptors (Lipinski definition) is 9. The van der Waals surface area contributed by atoms with Gasteiger partial charge in [0.15, 0.2) is 11.9 Å². The van der Waals surface area contributed by atoms with Gasteiger partial charge in [0, 0.05) is 31.2 Å². The quantitative estimate of drug-likeness (QED) is 0.420. The van der Waals surface area contributed by atoms with E-state index in [1.165, 1.54) is 12.0 Å². The molecule has 5 heterocycles. The molecule has 0 N–H and O–H groups in total. The van der Waals surface area contributed by atoms with Crippen LogP contribution in [0.4, 0.5) is 0 Å². The number of hydrogen-bond donors (Lipinski definition) is 0. The Morgan fingerprint density at radius 1 is 1.03 bits per heavy atom. The Hall–Kier alpha value is -1.75. The molecule has 0 unspecified atom stereocenters. The molecule has 1 saturated carbocycles. The van der Waals surface area contributed by atoms with E-state index in [1.54, 1.807) is 0 Å². The molecule has 1 aliphatic carbocycles. The van der Waals surface area contributed by atoms with Gasteiger partial charge in [0.05, 0.1) is 13.5 Å². The summed E-state index contributed by atoms with van der Waals surface area (Å²) in [7, 11) is 1.31. The van der Waals surface area contributed by atoms with E-state index >= 15 is 0 Å². The molecular formula is C25H37NO9. The van der Waals surface area contributed by atoms with E-state index < -0.39 is 41.9 Å². The Bertz CT molecular complexity index is 866. The van der Waals surface area contributed by atoms with Crippen molar-refractivity contribution in [3.63, 3.8) is 0 Å². The lowest BCUT2D eigenvalue weighted by Gasteiger charge is -2.59. The molecule has 6 aliphatic rings. The number of esters is 2. The van der Waals surface area contributed by atoms with Crippen molar-refractivity contribution < 1.29 is 43.1 Å². The van der Waals surface area contributed by atoms with Crippen molar-refractivity contribution in [2.75, 3.05) is 13.7 Å². The van der Waals surface area contributed by atoms with E-state index in [2.05, 4.69) is 6.92 Å². The lowest BCUT2D eigenvalue weighted by molar-refractivity contribution is -0.576. The van der Waals surface area contributed by atoms with Crippen LogP contribution in [0.2, 0.25) is 0 Å². The Morgan fingerprint density at radius 2 is 1.83 bits per heavy atom. The van der Waals surface area contributed by atoms with Crippen LogP contribution in [0.1, 0.15) is 72.1 Å². The summed E-state index contributed by atoms with van der Waals surface area (Å²) < 4.78 is 23.1. The van der Waals surface area contributed by atoms with Crippen molar-refractivity contribution in [2.45, 2.75) is 102 Å². The van der Waals surface area contributed by atoms with Crippen LogP contribution in [0, 0.1) is 23.7 Å². The lowest BCUT2D eigenvalue weighted by atomic mass is 9.58. The second kappa shape index (κ2) is 9.28. The van der Waals surface area contributed by atoms with Gasteiger partial charge in [-0.25, -0.2) is 14.6 Å². The Labute approximate surface area is 205 Å². The first-order chi connectivity index (χ1) is 16.7. The van der Waals surface area contributed by atoms with Crippen molar-refractivity contribution in [3.8, 4) is 0 Å². The van der Waals surface area contributed by atoms with E-state index in [9.17, 15) is 14.4 Å². The maximum Gasteiger partial charge on any atom is 0.328 e. The molecule has 6 rings (SSSR count). The molecule has 10 nitrogen and oxygen atoms in total. The summed E-state index contributed by atoms with van der Waals surface area (Å²) in [5.41, 5.74) is -0.718. The third-order valence-corrected chi connectivity index (χ3v) is 8.93. The average molecular weight is 496 g/mol. The monoisotopic (exact) mass is 495 g/mol. The van der Waals surface area contributed by atoms with Crippen molar-refractivity contribution in [1.29, 1.82) is 0 Å². The molecule has 196 valence electrons. The minimum absolute atomic E-state index is 0.0324. The van der Waals surface area contributed by atoms with Crippen molar-refractivity contribution in [3.05, 3.63) is 0 Å². The maximum atomic E-state index is 12.8. The second-order valence-corrected chi connectivity index (χ2v) is 11.0. The first-order valence-electron chi connectivity index (χ1n) is 13.0.